The lowest BCUT2D eigenvalue weighted by atomic mass is 10.0. The lowest BCUT2D eigenvalue weighted by Gasteiger charge is -2.11. The molecule has 3 aromatic heterocycles. The molecule has 136 valence electrons. The van der Waals surface area contributed by atoms with Crippen molar-refractivity contribution in [2.24, 2.45) is 0 Å². The number of ether oxygens (including phenoxy) is 1. The number of nitrogens with one attached hydrogen (secondary N) is 1. The van der Waals surface area contributed by atoms with Crippen LogP contribution in [0.15, 0.2) is 35.1 Å². The number of rotatable bonds is 8. The van der Waals surface area contributed by atoms with Gasteiger partial charge in [0.1, 0.15) is 0 Å². The van der Waals surface area contributed by atoms with E-state index in [1.807, 2.05) is 39.0 Å². The van der Waals surface area contributed by atoms with Gasteiger partial charge in [-0.3, -0.25) is 4.98 Å². The van der Waals surface area contributed by atoms with Gasteiger partial charge in [-0.25, -0.2) is 9.97 Å². The van der Waals surface area contributed by atoms with E-state index in [1.165, 1.54) is 0 Å². The number of hydrogen-bond donors (Lipinski definition) is 1. The summed E-state index contributed by atoms with van der Waals surface area (Å²) < 4.78 is 10.8. The molecule has 0 amide bonds. The predicted octanol–water partition coefficient (Wildman–Crippen LogP) is 3.65. The lowest BCUT2D eigenvalue weighted by Crippen LogP contribution is -2.09. The Kier molecular flexibility index (Phi) is 5.91. The van der Waals surface area contributed by atoms with E-state index < -0.39 is 0 Å². The number of aryl methyl sites for hydroxylation is 2. The highest BCUT2D eigenvalue weighted by molar-refractivity contribution is 5.79. The van der Waals surface area contributed by atoms with Crippen LogP contribution in [-0.2, 0) is 4.74 Å². The third-order valence-corrected chi connectivity index (χ3v) is 3.90. The van der Waals surface area contributed by atoms with Crippen LogP contribution in [0.4, 0.5) is 5.95 Å². The van der Waals surface area contributed by atoms with Gasteiger partial charge in [-0.2, -0.15) is 0 Å². The molecule has 0 fully saturated rings. The normalized spacial score (nSPS) is 10.9. The fraction of sp³-hybridized carbons (Fsp3) is 0.368. The zero-order chi connectivity index (χ0) is 18.4. The molecule has 0 unspecified atom stereocenters. The van der Waals surface area contributed by atoms with Crippen molar-refractivity contribution < 1.29 is 9.26 Å². The summed E-state index contributed by atoms with van der Waals surface area (Å²) in [6, 6.07) is 5.77. The topological polar surface area (TPSA) is 86.0 Å². The van der Waals surface area contributed by atoms with Crippen molar-refractivity contribution in [2.75, 3.05) is 25.1 Å². The number of anilines is 1. The fourth-order valence-electron chi connectivity index (χ4n) is 2.60. The van der Waals surface area contributed by atoms with Crippen LogP contribution in [0.2, 0.25) is 0 Å². The Bertz CT molecular complexity index is 863. The molecule has 7 nitrogen and oxygen atoms in total. The van der Waals surface area contributed by atoms with Crippen LogP contribution in [0.1, 0.15) is 24.7 Å². The van der Waals surface area contributed by atoms with Crippen LogP contribution in [0, 0.1) is 13.8 Å². The van der Waals surface area contributed by atoms with Gasteiger partial charge in [0.15, 0.2) is 5.76 Å². The smallest absolute Gasteiger partial charge is 0.223 e. The molecule has 0 atom stereocenters. The second-order valence-corrected chi connectivity index (χ2v) is 5.90. The van der Waals surface area contributed by atoms with Crippen molar-refractivity contribution in [3.05, 3.63) is 42.0 Å². The van der Waals surface area contributed by atoms with E-state index in [2.05, 4.69) is 20.4 Å². The van der Waals surface area contributed by atoms with Gasteiger partial charge < -0.3 is 14.6 Å². The first kappa shape index (κ1) is 18.0. The van der Waals surface area contributed by atoms with Gasteiger partial charge in [-0.15, -0.1) is 0 Å². The summed E-state index contributed by atoms with van der Waals surface area (Å²) in [5.41, 5.74) is 4.21. The third-order valence-electron chi connectivity index (χ3n) is 3.90. The van der Waals surface area contributed by atoms with Crippen molar-refractivity contribution in [2.45, 2.75) is 27.2 Å². The van der Waals surface area contributed by atoms with Crippen LogP contribution < -0.4 is 5.32 Å². The average Bonchev–Trinajstić information content (AvgIpc) is 3.08. The molecule has 3 heterocycles. The van der Waals surface area contributed by atoms with E-state index >= 15 is 0 Å². The highest BCUT2D eigenvalue weighted by atomic mass is 16.5. The molecule has 26 heavy (non-hydrogen) atoms. The molecule has 3 aromatic rings. The largest absolute Gasteiger partial charge is 0.382 e. The van der Waals surface area contributed by atoms with Crippen molar-refractivity contribution >= 4 is 5.95 Å². The maximum atomic E-state index is 5.43. The van der Waals surface area contributed by atoms with Gasteiger partial charge >= 0.3 is 0 Å². The molecule has 0 spiro atoms. The van der Waals surface area contributed by atoms with Crippen molar-refractivity contribution in [1.82, 2.24) is 20.1 Å². The molecule has 0 aliphatic carbocycles. The minimum absolute atomic E-state index is 0.569. The maximum absolute atomic E-state index is 5.43. The highest BCUT2D eigenvalue weighted by Crippen LogP contribution is 2.32. The SMILES string of the molecule is CCOCCCNc1ncc(-c2cc(C)no2)c(-c2cccnc2C)n1. The Morgan fingerprint density at radius 3 is 2.81 bits per heavy atom. The zero-order valence-electron chi connectivity index (χ0n) is 15.3. The first-order valence-corrected chi connectivity index (χ1v) is 8.73. The van der Waals surface area contributed by atoms with Gasteiger partial charge in [0.05, 0.1) is 17.0 Å². The number of nitrogens with zero attached hydrogens (tertiary/aromatic N) is 4. The molecular weight excluding hydrogens is 330 g/mol. The molecule has 0 radical (unpaired) electrons. The van der Waals surface area contributed by atoms with Gasteiger partial charge in [-0.1, -0.05) is 5.16 Å². The van der Waals surface area contributed by atoms with E-state index in [9.17, 15) is 0 Å². The zero-order valence-corrected chi connectivity index (χ0v) is 15.3. The van der Waals surface area contributed by atoms with E-state index in [0.717, 1.165) is 47.8 Å². The number of hydrogen-bond acceptors (Lipinski definition) is 7. The Morgan fingerprint density at radius 1 is 1.19 bits per heavy atom. The Morgan fingerprint density at radius 2 is 2.08 bits per heavy atom. The summed E-state index contributed by atoms with van der Waals surface area (Å²) in [5.74, 6) is 1.21. The van der Waals surface area contributed by atoms with E-state index in [1.54, 1.807) is 12.4 Å². The quantitative estimate of drug-likeness (QED) is 0.619. The molecule has 1 N–H and O–H groups in total. The predicted molar refractivity (Wildman–Crippen MR) is 99.8 cm³/mol. The van der Waals surface area contributed by atoms with Gasteiger partial charge in [0, 0.05) is 49.5 Å². The minimum Gasteiger partial charge on any atom is -0.382 e. The Balaban J connectivity index is 1.91. The maximum Gasteiger partial charge on any atom is 0.223 e. The lowest BCUT2D eigenvalue weighted by molar-refractivity contribution is 0.147. The molecule has 0 aliphatic heterocycles. The third kappa shape index (κ3) is 4.23. The summed E-state index contributed by atoms with van der Waals surface area (Å²) in [7, 11) is 0. The van der Waals surface area contributed by atoms with Crippen LogP contribution >= 0.6 is 0 Å². The molecular formula is C19H23N5O2. The second kappa shape index (κ2) is 8.53. The molecule has 0 aromatic carbocycles. The van der Waals surface area contributed by atoms with Crippen molar-refractivity contribution in [3.8, 4) is 22.6 Å². The summed E-state index contributed by atoms with van der Waals surface area (Å²) in [6.45, 7) is 8.02. The first-order valence-electron chi connectivity index (χ1n) is 8.73. The minimum atomic E-state index is 0.569. The Labute approximate surface area is 152 Å². The molecule has 0 saturated carbocycles. The first-order chi connectivity index (χ1) is 12.7. The molecule has 7 heteroatoms. The molecule has 0 bridgehead atoms. The van der Waals surface area contributed by atoms with E-state index in [-0.39, 0.29) is 0 Å². The van der Waals surface area contributed by atoms with Crippen molar-refractivity contribution in [1.29, 1.82) is 0 Å². The number of aromatic nitrogens is 4. The average molecular weight is 353 g/mol. The van der Waals surface area contributed by atoms with E-state index in [4.69, 9.17) is 14.2 Å². The van der Waals surface area contributed by atoms with Crippen molar-refractivity contribution in [3.63, 3.8) is 0 Å². The summed E-state index contributed by atoms with van der Waals surface area (Å²) in [4.78, 5) is 13.5. The molecule has 0 aliphatic rings. The summed E-state index contributed by atoms with van der Waals surface area (Å²) >= 11 is 0. The van der Waals surface area contributed by atoms with Gasteiger partial charge in [0.25, 0.3) is 0 Å². The van der Waals surface area contributed by atoms with Crippen LogP contribution in [0.25, 0.3) is 22.6 Å². The second-order valence-electron chi connectivity index (χ2n) is 5.90. The van der Waals surface area contributed by atoms with Gasteiger partial charge in [-0.05, 0) is 39.3 Å². The van der Waals surface area contributed by atoms with Crippen LogP contribution in [0.5, 0.6) is 0 Å². The van der Waals surface area contributed by atoms with Gasteiger partial charge in [0.2, 0.25) is 5.95 Å². The highest BCUT2D eigenvalue weighted by Gasteiger charge is 2.17. The van der Waals surface area contributed by atoms with Crippen LogP contribution in [-0.4, -0.2) is 39.9 Å². The molecule has 0 saturated heterocycles. The number of pyridine rings is 1. The fourth-order valence-corrected chi connectivity index (χ4v) is 2.60. The Hall–Kier alpha value is -2.80. The summed E-state index contributed by atoms with van der Waals surface area (Å²) in [5, 5.41) is 7.22. The van der Waals surface area contributed by atoms with Crippen LogP contribution in [0.3, 0.4) is 0 Å². The summed E-state index contributed by atoms with van der Waals surface area (Å²) in [6.07, 6.45) is 4.42. The molecule has 3 rings (SSSR count). The standard InChI is InChI=1S/C19H23N5O2/c1-4-25-10-6-9-21-19-22-12-16(17-11-13(2)24-26-17)18(23-19)15-7-5-8-20-14(15)3/h5,7-8,11-12H,4,6,9-10H2,1-3H3,(H,21,22,23). The monoisotopic (exact) mass is 353 g/mol. The van der Waals surface area contributed by atoms with E-state index in [0.29, 0.717) is 18.3 Å².